The second-order valence-corrected chi connectivity index (χ2v) is 9.50. The van der Waals surface area contributed by atoms with Crippen LogP contribution in [-0.2, 0) is 17.8 Å². The molecule has 4 rings (SSSR count). The second-order valence-electron chi connectivity index (χ2n) is 8.68. The summed E-state index contributed by atoms with van der Waals surface area (Å²) in [4.78, 5) is 2.56. The number of ether oxygens (including phenoxy) is 2. The van der Waals surface area contributed by atoms with Gasteiger partial charge < -0.3 is 14.6 Å². The van der Waals surface area contributed by atoms with Gasteiger partial charge in [0.2, 0.25) is 0 Å². The standard InChI is InChI=1S/C24H29Cl2NO3/c1-24(23(28)29-2)10-12-27(13-11-24)22-9-6-16-14-17(7-8-18(16)22)30-15-19-20(25)4-3-5-21(19)26/h3-5,7-8,14,22-23,28H,6,9-13,15H2,1-2H3. The Morgan fingerprint density at radius 1 is 1.17 bits per heavy atom. The van der Waals surface area contributed by atoms with Crippen LogP contribution in [0.25, 0.3) is 0 Å². The molecule has 1 N–H and O–H groups in total. The highest BCUT2D eigenvalue weighted by atomic mass is 35.5. The number of methoxy groups -OCH3 is 1. The van der Waals surface area contributed by atoms with Gasteiger partial charge >= 0.3 is 0 Å². The third-order valence-electron chi connectivity index (χ3n) is 6.81. The van der Waals surface area contributed by atoms with Crippen LogP contribution >= 0.6 is 23.2 Å². The minimum atomic E-state index is -0.693. The van der Waals surface area contributed by atoms with E-state index in [2.05, 4.69) is 24.0 Å². The van der Waals surface area contributed by atoms with Crippen LogP contribution in [0.5, 0.6) is 5.75 Å². The Morgan fingerprint density at radius 2 is 1.87 bits per heavy atom. The number of piperidine rings is 1. The van der Waals surface area contributed by atoms with Gasteiger partial charge in [0.05, 0.1) is 0 Å². The van der Waals surface area contributed by atoms with Gasteiger partial charge in [-0.1, -0.05) is 42.3 Å². The van der Waals surface area contributed by atoms with E-state index in [1.54, 1.807) is 7.11 Å². The highest BCUT2D eigenvalue weighted by Crippen LogP contribution is 2.42. The van der Waals surface area contributed by atoms with Crippen LogP contribution in [0.2, 0.25) is 10.0 Å². The zero-order valence-corrected chi connectivity index (χ0v) is 19.0. The summed E-state index contributed by atoms with van der Waals surface area (Å²) in [7, 11) is 1.58. The van der Waals surface area contributed by atoms with E-state index >= 15 is 0 Å². The van der Waals surface area contributed by atoms with Crippen molar-refractivity contribution < 1.29 is 14.6 Å². The lowest BCUT2D eigenvalue weighted by molar-refractivity contribution is -0.169. The van der Waals surface area contributed by atoms with Crippen LogP contribution < -0.4 is 4.74 Å². The van der Waals surface area contributed by atoms with Crippen LogP contribution in [0.1, 0.15) is 48.9 Å². The van der Waals surface area contributed by atoms with Crippen molar-refractivity contribution in [1.29, 1.82) is 0 Å². The molecule has 0 radical (unpaired) electrons. The SMILES string of the molecule is COC(O)C1(C)CCN(C2CCc3cc(OCc4c(Cl)cccc4Cl)ccc32)CC1. The number of fused-ring (bicyclic) bond motifs is 1. The summed E-state index contributed by atoms with van der Waals surface area (Å²) in [5, 5.41) is 11.4. The Bertz CT molecular complexity index is 876. The molecular weight excluding hydrogens is 421 g/mol. The molecule has 0 aromatic heterocycles. The number of nitrogens with zero attached hydrogens (tertiary/aromatic N) is 1. The Labute approximate surface area is 188 Å². The largest absolute Gasteiger partial charge is 0.489 e. The summed E-state index contributed by atoms with van der Waals surface area (Å²) in [5.41, 5.74) is 3.40. The number of likely N-dealkylation sites (tertiary alicyclic amines) is 1. The molecule has 1 aliphatic heterocycles. The molecule has 2 unspecified atom stereocenters. The van der Waals surface area contributed by atoms with Gasteiger partial charge in [0, 0.05) is 34.2 Å². The summed E-state index contributed by atoms with van der Waals surface area (Å²) in [5.74, 6) is 0.847. The first-order chi connectivity index (χ1) is 14.4. The molecule has 1 heterocycles. The zero-order chi connectivity index (χ0) is 21.3. The molecule has 0 saturated carbocycles. The summed E-state index contributed by atoms with van der Waals surface area (Å²) in [6, 6.07) is 12.3. The van der Waals surface area contributed by atoms with Crippen molar-refractivity contribution in [3.63, 3.8) is 0 Å². The molecule has 4 nitrogen and oxygen atoms in total. The fourth-order valence-corrected chi connectivity index (χ4v) is 5.25. The predicted octanol–water partition coefficient (Wildman–Crippen LogP) is 5.63. The molecule has 162 valence electrons. The topological polar surface area (TPSA) is 41.9 Å². The van der Waals surface area contributed by atoms with Gasteiger partial charge in [-0.25, -0.2) is 0 Å². The van der Waals surface area contributed by atoms with E-state index in [9.17, 15) is 5.11 Å². The van der Waals surface area contributed by atoms with Gasteiger partial charge in [-0.3, -0.25) is 4.90 Å². The number of halogens is 2. The fourth-order valence-electron chi connectivity index (χ4n) is 4.74. The Kier molecular flexibility index (Phi) is 6.61. The first-order valence-corrected chi connectivity index (χ1v) is 11.3. The fraction of sp³-hybridized carbons (Fsp3) is 0.500. The number of rotatable bonds is 6. The minimum absolute atomic E-state index is 0.162. The maximum absolute atomic E-state index is 10.2. The highest BCUT2D eigenvalue weighted by molar-refractivity contribution is 6.35. The van der Waals surface area contributed by atoms with Crippen LogP contribution in [0.15, 0.2) is 36.4 Å². The lowest BCUT2D eigenvalue weighted by atomic mass is 9.79. The molecule has 0 bridgehead atoms. The minimum Gasteiger partial charge on any atom is -0.489 e. The van der Waals surface area contributed by atoms with Crippen molar-refractivity contribution in [2.75, 3.05) is 20.2 Å². The monoisotopic (exact) mass is 449 g/mol. The van der Waals surface area contributed by atoms with E-state index in [0.29, 0.717) is 22.7 Å². The number of hydrogen-bond donors (Lipinski definition) is 1. The average Bonchev–Trinajstić information content (AvgIpc) is 3.16. The lowest BCUT2D eigenvalue weighted by Gasteiger charge is -2.43. The van der Waals surface area contributed by atoms with Crippen molar-refractivity contribution >= 4 is 23.2 Å². The molecular formula is C24H29Cl2NO3. The first-order valence-electron chi connectivity index (χ1n) is 10.5. The molecule has 2 aromatic rings. The predicted molar refractivity (Wildman–Crippen MR) is 120 cm³/mol. The molecule has 1 saturated heterocycles. The highest BCUT2D eigenvalue weighted by Gasteiger charge is 2.39. The summed E-state index contributed by atoms with van der Waals surface area (Å²) >= 11 is 12.5. The Balaban J connectivity index is 1.41. The van der Waals surface area contributed by atoms with Gasteiger partial charge in [0.15, 0.2) is 6.29 Å². The van der Waals surface area contributed by atoms with Crippen molar-refractivity contribution in [1.82, 2.24) is 4.90 Å². The van der Waals surface area contributed by atoms with Crippen LogP contribution in [0, 0.1) is 5.41 Å². The van der Waals surface area contributed by atoms with Gasteiger partial charge in [-0.15, -0.1) is 0 Å². The van der Waals surface area contributed by atoms with E-state index in [0.717, 1.165) is 50.1 Å². The van der Waals surface area contributed by atoms with Crippen molar-refractivity contribution in [3.05, 3.63) is 63.1 Å². The number of aliphatic hydroxyl groups excluding tert-OH is 1. The van der Waals surface area contributed by atoms with E-state index in [4.69, 9.17) is 32.7 Å². The molecule has 1 aliphatic carbocycles. The van der Waals surface area contributed by atoms with Gasteiger partial charge in [0.1, 0.15) is 12.4 Å². The van der Waals surface area contributed by atoms with Crippen LogP contribution in [-0.4, -0.2) is 36.5 Å². The molecule has 30 heavy (non-hydrogen) atoms. The van der Waals surface area contributed by atoms with Gasteiger partial charge in [-0.05, 0) is 74.2 Å². The maximum atomic E-state index is 10.2. The van der Waals surface area contributed by atoms with Gasteiger partial charge in [0.25, 0.3) is 0 Å². The third-order valence-corrected chi connectivity index (χ3v) is 7.51. The number of benzene rings is 2. The van der Waals surface area contributed by atoms with Crippen molar-refractivity contribution in [2.24, 2.45) is 5.41 Å². The van der Waals surface area contributed by atoms with E-state index in [1.807, 2.05) is 24.3 Å². The maximum Gasteiger partial charge on any atom is 0.159 e. The van der Waals surface area contributed by atoms with E-state index in [-0.39, 0.29) is 5.41 Å². The molecule has 2 atom stereocenters. The molecule has 6 heteroatoms. The summed E-state index contributed by atoms with van der Waals surface area (Å²) in [6.45, 7) is 4.43. The Hall–Kier alpha value is -1.30. The summed E-state index contributed by atoms with van der Waals surface area (Å²) < 4.78 is 11.2. The lowest BCUT2D eigenvalue weighted by Crippen LogP contribution is -2.46. The third kappa shape index (κ3) is 4.35. The summed E-state index contributed by atoms with van der Waals surface area (Å²) in [6.07, 6.45) is 3.36. The molecule has 0 amide bonds. The second kappa shape index (κ2) is 9.05. The average molecular weight is 450 g/mol. The first kappa shape index (κ1) is 21.9. The zero-order valence-electron chi connectivity index (χ0n) is 17.5. The molecule has 1 fully saturated rings. The Morgan fingerprint density at radius 3 is 2.53 bits per heavy atom. The van der Waals surface area contributed by atoms with Crippen molar-refractivity contribution in [3.8, 4) is 5.75 Å². The van der Waals surface area contributed by atoms with Crippen LogP contribution in [0.4, 0.5) is 0 Å². The van der Waals surface area contributed by atoms with Crippen LogP contribution in [0.3, 0.4) is 0 Å². The molecule has 2 aromatic carbocycles. The molecule has 2 aliphatic rings. The number of hydrogen-bond acceptors (Lipinski definition) is 4. The van der Waals surface area contributed by atoms with Crippen molar-refractivity contribution in [2.45, 2.75) is 51.5 Å². The quantitative estimate of drug-likeness (QED) is 0.580. The smallest absolute Gasteiger partial charge is 0.159 e. The molecule has 0 spiro atoms. The van der Waals surface area contributed by atoms with E-state index < -0.39 is 6.29 Å². The normalized spacial score (nSPS) is 22.0. The van der Waals surface area contributed by atoms with E-state index in [1.165, 1.54) is 11.1 Å². The number of aryl methyl sites for hydroxylation is 1. The van der Waals surface area contributed by atoms with Gasteiger partial charge in [-0.2, -0.15) is 0 Å². The number of aliphatic hydroxyl groups is 1.